The lowest BCUT2D eigenvalue weighted by atomic mass is 9.83. The molecule has 1 fully saturated rings. The number of benzene rings is 2. The average Bonchev–Trinajstić information content (AvgIpc) is 3.26. The number of carbonyl (C=O) groups excluding carboxylic acids is 1. The van der Waals surface area contributed by atoms with E-state index in [1.165, 1.54) is 43.9 Å². The van der Waals surface area contributed by atoms with E-state index in [1.807, 2.05) is 24.3 Å². The molecular formula is C25H30O4. The van der Waals surface area contributed by atoms with E-state index in [0.717, 1.165) is 30.4 Å². The first-order valence-electron chi connectivity index (χ1n) is 10.5. The van der Waals surface area contributed by atoms with Crippen molar-refractivity contribution in [3.63, 3.8) is 0 Å². The normalized spacial score (nSPS) is 14.0. The summed E-state index contributed by atoms with van der Waals surface area (Å²) in [5, 5.41) is 19.5. The van der Waals surface area contributed by atoms with Crippen LogP contribution >= 0.6 is 0 Å². The number of hydrogen-bond acceptors (Lipinski definition) is 4. The summed E-state index contributed by atoms with van der Waals surface area (Å²) in [5.74, 6) is 0.873. The van der Waals surface area contributed by atoms with Crippen molar-refractivity contribution >= 4 is 11.5 Å². The second kappa shape index (κ2) is 10.1. The van der Waals surface area contributed by atoms with Crippen molar-refractivity contribution in [2.24, 2.45) is 5.92 Å². The summed E-state index contributed by atoms with van der Waals surface area (Å²) in [6.45, 7) is 0. The molecule has 0 unspecified atom stereocenters. The molecule has 1 saturated carbocycles. The zero-order valence-corrected chi connectivity index (χ0v) is 17.1. The molecule has 1 aliphatic rings. The summed E-state index contributed by atoms with van der Waals surface area (Å²) in [5.41, 5.74) is 4.76. The monoisotopic (exact) mass is 394 g/mol. The summed E-state index contributed by atoms with van der Waals surface area (Å²) in [4.78, 5) is 11.5. The molecule has 4 nitrogen and oxygen atoms in total. The van der Waals surface area contributed by atoms with E-state index in [2.05, 4.69) is 0 Å². The largest absolute Gasteiger partial charge is 0.508 e. The second-order valence-electron chi connectivity index (χ2n) is 7.76. The van der Waals surface area contributed by atoms with Crippen LogP contribution in [0.2, 0.25) is 0 Å². The van der Waals surface area contributed by atoms with Gasteiger partial charge in [0.1, 0.15) is 11.5 Å². The lowest BCUT2D eigenvalue weighted by Crippen LogP contribution is -2.06. The van der Waals surface area contributed by atoms with Crippen LogP contribution in [0.4, 0.5) is 0 Å². The molecule has 0 aromatic heterocycles. The van der Waals surface area contributed by atoms with Crippen molar-refractivity contribution in [2.75, 3.05) is 7.11 Å². The van der Waals surface area contributed by atoms with Crippen LogP contribution in [-0.4, -0.2) is 23.3 Å². The van der Waals surface area contributed by atoms with Gasteiger partial charge in [0.25, 0.3) is 0 Å². The van der Waals surface area contributed by atoms with Crippen LogP contribution < -0.4 is 0 Å². The SMILES string of the molecule is COC(=O)CCCCC(=C(c1ccc(O)cc1)c1ccc(O)cc1)C1CCCC1. The van der Waals surface area contributed by atoms with E-state index < -0.39 is 0 Å². The first-order chi connectivity index (χ1) is 14.1. The van der Waals surface area contributed by atoms with E-state index in [9.17, 15) is 15.0 Å². The Kier molecular flexibility index (Phi) is 7.34. The fourth-order valence-electron chi connectivity index (χ4n) is 4.29. The zero-order valence-electron chi connectivity index (χ0n) is 17.1. The van der Waals surface area contributed by atoms with Crippen molar-refractivity contribution in [3.05, 3.63) is 65.2 Å². The van der Waals surface area contributed by atoms with Gasteiger partial charge in [-0.05, 0) is 79.0 Å². The summed E-state index contributed by atoms with van der Waals surface area (Å²) in [6.07, 6.45) is 7.98. The van der Waals surface area contributed by atoms with Gasteiger partial charge >= 0.3 is 5.97 Å². The van der Waals surface area contributed by atoms with Crippen LogP contribution in [-0.2, 0) is 9.53 Å². The summed E-state index contributed by atoms with van der Waals surface area (Å²) in [7, 11) is 1.43. The quantitative estimate of drug-likeness (QED) is 0.437. The molecule has 0 aliphatic heterocycles. The smallest absolute Gasteiger partial charge is 0.305 e. The Balaban J connectivity index is 1.99. The Morgan fingerprint density at radius 3 is 1.83 bits per heavy atom. The number of hydrogen-bond donors (Lipinski definition) is 2. The molecular weight excluding hydrogens is 364 g/mol. The predicted molar refractivity (Wildman–Crippen MR) is 115 cm³/mol. The summed E-state index contributed by atoms with van der Waals surface area (Å²) < 4.78 is 4.77. The highest BCUT2D eigenvalue weighted by atomic mass is 16.5. The van der Waals surface area contributed by atoms with Gasteiger partial charge in [0.2, 0.25) is 0 Å². The van der Waals surface area contributed by atoms with E-state index in [4.69, 9.17) is 4.74 Å². The van der Waals surface area contributed by atoms with E-state index in [1.54, 1.807) is 24.3 Å². The third kappa shape index (κ3) is 5.63. The van der Waals surface area contributed by atoms with Crippen molar-refractivity contribution in [1.29, 1.82) is 0 Å². The number of rotatable bonds is 8. The maximum absolute atomic E-state index is 11.5. The Labute approximate surface area is 172 Å². The van der Waals surface area contributed by atoms with Gasteiger partial charge < -0.3 is 14.9 Å². The van der Waals surface area contributed by atoms with Crippen LogP contribution in [0, 0.1) is 5.92 Å². The standard InChI is InChI=1S/C25H30O4/c1-29-24(28)9-5-4-8-23(18-6-2-3-7-18)25(19-10-14-21(26)15-11-19)20-12-16-22(27)17-13-20/h10-18,26-27H,2-9H2,1H3. The Morgan fingerprint density at radius 1 is 0.862 bits per heavy atom. The van der Waals surface area contributed by atoms with Crippen LogP contribution in [0.5, 0.6) is 11.5 Å². The number of esters is 1. The Hall–Kier alpha value is -2.75. The second-order valence-corrected chi connectivity index (χ2v) is 7.76. The third-order valence-corrected chi connectivity index (χ3v) is 5.79. The number of methoxy groups -OCH3 is 1. The number of phenols is 2. The fourth-order valence-corrected chi connectivity index (χ4v) is 4.29. The molecule has 2 aromatic carbocycles. The van der Waals surface area contributed by atoms with Gasteiger partial charge in [-0.15, -0.1) is 0 Å². The molecule has 2 aromatic rings. The van der Waals surface area contributed by atoms with Crippen LogP contribution in [0.25, 0.3) is 5.57 Å². The van der Waals surface area contributed by atoms with Crippen molar-refractivity contribution in [2.45, 2.75) is 51.4 Å². The van der Waals surface area contributed by atoms with E-state index in [-0.39, 0.29) is 17.5 Å². The average molecular weight is 395 g/mol. The molecule has 0 atom stereocenters. The summed E-state index contributed by atoms with van der Waals surface area (Å²) >= 11 is 0. The predicted octanol–water partition coefficient (Wildman–Crippen LogP) is 5.82. The molecule has 2 N–H and O–H groups in total. The first-order valence-corrected chi connectivity index (χ1v) is 10.5. The van der Waals surface area contributed by atoms with Crippen LogP contribution in [0.15, 0.2) is 54.1 Å². The topological polar surface area (TPSA) is 66.8 Å². The number of phenolic OH excluding ortho intramolecular Hbond substituents is 2. The molecule has 0 amide bonds. The maximum atomic E-state index is 11.5. The molecule has 154 valence electrons. The lowest BCUT2D eigenvalue weighted by Gasteiger charge is -2.22. The Morgan fingerprint density at radius 2 is 1.34 bits per heavy atom. The number of allylic oxidation sites excluding steroid dienone is 1. The number of unbranched alkanes of at least 4 members (excludes halogenated alkanes) is 1. The fraction of sp³-hybridized carbons (Fsp3) is 0.400. The van der Waals surface area contributed by atoms with Gasteiger partial charge in [0, 0.05) is 6.42 Å². The molecule has 0 radical (unpaired) electrons. The van der Waals surface area contributed by atoms with Crippen molar-refractivity contribution in [1.82, 2.24) is 0 Å². The number of carbonyl (C=O) groups is 1. The zero-order chi connectivity index (χ0) is 20.6. The highest BCUT2D eigenvalue weighted by Gasteiger charge is 2.24. The number of aromatic hydroxyl groups is 2. The van der Waals surface area contributed by atoms with Crippen molar-refractivity contribution in [3.8, 4) is 11.5 Å². The minimum atomic E-state index is -0.159. The van der Waals surface area contributed by atoms with Gasteiger partial charge in [0.15, 0.2) is 0 Å². The van der Waals surface area contributed by atoms with Crippen LogP contribution in [0.1, 0.15) is 62.5 Å². The highest BCUT2D eigenvalue weighted by molar-refractivity contribution is 5.83. The molecule has 29 heavy (non-hydrogen) atoms. The maximum Gasteiger partial charge on any atom is 0.305 e. The van der Waals surface area contributed by atoms with Gasteiger partial charge in [-0.1, -0.05) is 42.7 Å². The molecule has 0 saturated heterocycles. The van der Waals surface area contributed by atoms with E-state index in [0.29, 0.717) is 12.3 Å². The minimum Gasteiger partial charge on any atom is -0.508 e. The Bertz CT molecular complexity index is 781. The molecule has 0 heterocycles. The molecule has 3 rings (SSSR count). The highest BCUT2D eigenvalue weighted by Crippen LogP contribution is 2.41. The van der Waals surface area contributed by atoms with Gasteiger partial charge in [-0.3, -0.25) is 4.79 Å². The number of ether oxygens (including phenoxy) is 1. The minimum absolute atomic E-state index is 0.159. The molecule has 1 aliphatic carbocycles. The lowest BCUT2D eigenvalue weighted by molar-refractivity contribution is -0.140. The third-order valence-electron chi connectivity index (χ3n) is 5.79. The van der Waals surface area contributed by atoms with Gasteiger partial charge in [-0.2, -0.15) is 0 Å². The van der Waals surface area contributed by atoms with E-state index >= 15 is 0 Å². The van der Waals surface area contributed by atoms with Crippen LogP contribution in [0.3, 0.4) is 0 Å². The van der Waals surface area contributed by atoms with Gasteiger partial charge in [-0.25, -0.2) is 0 Å². The van der Waals surface area contributed by atoms with Gasteiger partial charge in [0.05, 0.1) is 7.11 Å². The van der Waals surface area contributed by atoms with Crippen molar-refractivity contribution < 1.29 is 19.7 Å². The molecule has 0 spiro atoms. The first kappa shape index (κ1) is 21.0. The molecule has 0 bridgehead atoms. The summed E-state index contributed by atoms with van der Waals surface area (Å²) in [6, 6.07) is 14.7. The molecule has 4 heteroatoms.